The smallest absolute Gasteiger partial charge is 0.281 e. The average molecular weight is 564 g/mol. The van der Waals surface area contributed by atoms with Crippen LogP contribution in [-0.2, 0) is 14.8 Å². The van der Waals surface area contributed by atoms with Gasteiger partial charge in [0.2, 0.25) is 5.92 Å². The quantitative estimate of drug-likeness (QED) is 0.493. The molecule has 1 aromatic carbocycles. The minimum atomic E-state index is -4.28. The predicted octanol–water partition coefficient (Wildman–Crippen LogP) is 4.31. The van der Waals surface area contributed by atoms with Gasteiger partial charge in [-0.1, -0.05) is 18.2 Å². The Morgan fingerprint density at radius 2 is 1.90 bits per heavy atom. The Bertz CT molecular complexity index is 1320. The SMILES string of the molecule is Cc1ccc(C2CCC(F)(F)CC2)c(OC2(C(=O)NS(=O)(=O)c3cccc(N4CCCC(CO)C4)n3)CC2)c1. The second-order valence-corrected chi connectivity index (χ2v) is 12.8. The number of carbonyl (C=O) groups is 1. The summed E-state index contributed by atoms with van der Waals surface area (Å²) in [6.45, 7) is 3.21. The highest BCUT2D eigenvalue weighted by Gasteiger charge is 2.54. The van der Waals surface area contributed by atoms with Gasteiger partial charge >= 0.3 is 0 Å². The molecule has 2 aromatic rings. The van der Waals surface area contributed by atoms with Crippen molar-refractivity contribution in [3.05, 3.63) is 47.5 Å². The van der Waals surface area contributed by atoms with Gasteiger partial charge in [-0.3, -0.25) is 4.79 Å². The number of nitrogens with zero attached hydrogens (tertiary/aromatic N) is 2. The average Bonchev–Trinajstić information content (AvgIpc) is 3.70. The van der Waals surface area contributed by atoms with Crippen molar-refractivity contribution in [3.8, 4) is 5.75 Å². The first kappa shape index (κ1) is 27.8. The fourth-order valence-corrected chi connectivity index (χ4v) is 6.54. The number of aliphatic hydroxyl groups excluding tert-OH is 1. The van der Waals surface area contributed by atoms with Gasteiger partial charge in [0.25, 0.3) is 15.9 Å². The molecule has 2 aliphatic carbocycles. The summed E-state index contributed by atoms with van der Waals surface area (Å²) >= 11 is 0. The highest BCUT2D eigenvalue weighted by molar-refractivity contribution is 7.90. The van der Waals surface area contributed by atoms with E-state index in [0.29, 0.717) is 50.3 Å². The molecule has 8 nitrogen and oxygen atoms in total. The van der Waals surface area contributed by atoms with Crippen molar-refractivity contribution >= 4 is 21.7 Å². The molecule has 1 aromatic heterocycles. The number of aryl methyl sites for hydroxylation is 1. The Morgan fingerprint density at radius 1 is 1.15 bits per heavy atom. The van der Waals surface area contributed by atoms with E-state index in [-0.39, 0.29) is 36.3 Å². The molecule has 2 saturated carbocycles. The lowest BCUT2D eigenvalue weighted by Crippen LogP contribution is -2.44. The third kappa shape index (κ3) is 6.19. The lowest BCUT2D eigenvalue weighted by atomic mass is 9.81. The first-order valence-electron chi connectivity index (χ1n) is 13.6. The molecular weight excluding hydrogens is 528 g/mol. The van der Waals surface area contributed by atoms with Crippen molar-refractivity contribution in [2.24, 2.45) is 5.92 Å². The number of anilines is 1. The molecule has 1 unspecified atom stereocenters. The van der Waals surface area contributed by atoms with Crippen LogP contribution >= 0.6 is 0 Å². The van der Waals surface area contributed by atoms with E-state index in [0.717, 1.165) is 24.0 Å². The van der Waals surface area contributed by atoms with Crippen LogP contribution in [0, 0.1) is 12.8 Å². The number of benzene rings is 1. The number of piperidine rings is 1. The van der Waals surface area contributed by atoms with Crippen molar-refractivity contribution in [3.63, 3.8) is 0 Å². The molecule has 0 spiro atoms. The van der Waals surface area contributed by atoms with Gasteiger partial charge in [-0.2, -0.15) is 8.42 Å². The van der Waals surface area contributed by atoms with Crippen molar-refractivity contribution in [1.82, 2.24) is 9.71 Å². The number of aliphatic hydroxyl groups is 1. The van der Waals surface area contributed by atoms with Crippen LogP contribution in [0.25, 0.3) is 0 Å². The molecule has 0 radical (unpaired) electrons. The molecule has 1 atom stereocenters. The molecular formula is C28H35F2N3O5S. The van der Waals surface area contributed by atoms with Gasteiger partial charge < -0.3 is 14.7 Å². The molecule has 5 rings (SSSR count). The number of nitrogens with one attached hydrogen (secondary N) is 1. The molecule has 1 saturated heterocycles. The minimum absolute atomic E-state index is 0.0580. The van der Waals surface area contributed by atoms with Crippen LogP contribution in [0.5, 0.6) is 5.75 Å². The highest BCUT2D eigenvalue weighted by atomic mass is 32.2. The lowest BCUT2D eigenvalue weighted by Gasteiger charge is -2.32. The Labute approximate surface area is 227 Å². The van der Waals surface area contributed by atoms with Gasteiger partial charge in [0.1, 0.15) is 11.6 Å². The lowest BCUT2D eigenvalue weighted by molar-refractivity contribution is -0.128. The number of aromatic nitrogens is 1. The summed E-state index contributed by atoms with van der Waals surface area (Å²) in [5.74, 6) is -2.52. The zero-order chi connectivity index (χ0) is 27.8. The summed E-state index contributed by atoms with van der Waals surface area (Å²) in [6, 6.07) is 10.2. The number of alkyl halides is 2. The number of halogens is 2. The van der Waals surface area contributed by atoms with Crippen LogP contribution < -0.4 is 14.4 Å². The van der Waals surface area contributed by atoms with Gasteiger partial charge in [0, 0.05) is 45.4 Å². The summed E-state index contributed by atoms with van der Waals surface area (Å²) in [7, 11) is -4.28. The van der Waals surface area contributed by atoms with E-state index in [1.807, 2.05) is 24.0 Å². The fraction of sp³-hybridized carbons (Fsp3) is 0.571. The number of pyridine rings is 1. The van der Waals surface area contributed by atoms with E-state index in [4.69, 9.17) is 4.74 Å². The maximum Gasteiger partial charge on any atom is 0.281 e. The fourth-order valence-electron chi connectivity index (χ4n) is 5.54. The van der Waals surface area contributed by atoms with Crippen LogP contribution in [0.3, 0.4) is 0 Å². The first-order valence-corrected chi connectivity index (χ1v) is 15.1. The van der Waals surface area contributed by atoms with Crippen LogP contribution in [0.2, 0.25) is 0 Å². The topological polar surface area (TPSA) is 109 Å². The maximum atomic E-state index is 13.7. The molecule has 1 amide bonds. The molecule has 2 heterocycles. The number of rotatable bonds is 8. The second-order valence-electron chi connectivity index (χ2n) is 11.2. The summed E-state index contributed by atoms with van der Waals surface area (Å²) in [6.07, 6.45) is 2.69. The van der Waals surface area contributed by atoms with Gasteiger partial charge in [-0.15, -0.1) is 0 Å². The molecule has 212 valence electrons. The molecule has 3 fully saturated rings. The minimum Gasteiger partial charge on any atom is -0.477 e. The number of amides is 1. The molecule has 0 bridgehead atoms. The van der Waals surface area contributed by atoms with Gasteiger partial charge in [-0.05, 0) is 73.8 Å². The Hall–Kier alpha value is -2.79. The number of hydrogen-bond acceptors (Lipinski definition) is 7. The Kier molecular flexibility index (Phi) is 7.58. The standard InChI is InChI=1S/C28H35F2N3O5S/c1-19-7-8-22(21-9-11-28(29,30)12-10-21)23(16-19)38-27(13-14-27)26(35)32-39(36,37)25-6-2-5-24(31-25)33-15-3-4-20(17-33)18-34/h2,5-8,16,20-21,34H,3-4,9-15,17-18H2,1H3,(H,32,35). The molecule has 11 heteroatoms. The van der Waals surface area contributed by atoms with Gasteiger partial charge in [0.05, 0.1) is 0 Å². The Balaban J connectivity index is 1.31. The van der Waals surface area contributed by atoms with Crippen molar-refractivity contribution < 1.29 is 31.8 Å². The first-order chi connectivity index (χ1) is 18.5. The molecule has 3 aliphatic rings. The second kappa shape index (κ2) is 10.6. The molecule has 39 heavy (non-hydrogen) atoms. The van der Waals surface area contributed by atoms with E-state index in [1.54, 1.807) is 18.2 Å². The monoisotopic (exact) mass is 563 g/mol. The van der Waals surface area contributed by atoms with Crippen LogP contribution in [0.4, 0.5) is 14.6 Å². The molecule has 2 N–H and O–H groups in total. The predicted molar refractivity (Wildman–Crippen MR) is 142 cm³/mol. The summed E-state index contributed by atoms with van der Waals surface area (Å²) in [5.41, 5.74) is 0.323. The van der Waals surface area contributed by atoms with Crippen molar-refractivity contribution in [2.75, 3.05) is 24.6 Å². The third-order valence-electron chi connectivity index (χ3n) is 8.06. The van der Waals surface area contributed by atoms with E-state index < -0.39 is 27.5 Å². The number of sulfonamides is 1. The van der Waals surface area contributed by atoms with Crippen LogP contribution in [0.1, 0.15) is 68.4 Å². The normalized spacial score (nSPS) is 22.8. The highest BCUT2D eigenvalue weighted by Crippen LogP contribution is 2.47. The maximum absolute atomic E-state index is 13.7. The van der Waals surface area contributed by atoms with E-state index >= 15 is 0 Å². The van der Waals surface area contributed by atoms with Gasteiger partial charge in [0.15, 0.2) is 10.6 Å². The van der Waals surface area contributed by atoms with Crippen molar-refractivity contribution in [2.45, 2.75) is 80.8 Å². The number of carbonyl (C=O) groups excluding carboxylic acids is 1. The van der Waals surface area contributed by atoms with E-state index in [1.165, 1.54) is 6.07 Å². The van der Waals surface area contributed by atoms with Crippen LogP contribution in [0.15, 0.2) is 41.4 Å². The largest absolute Gasteiger partial charge is 0.477 e. The number of hydrogen-bond donors (Lipinski definition) is 2. The molecule has 1 aliphatic heterocycles. The zero-order valence-corrected chi connectivity index (χ0v) is 22.9. The zero-order valence-electron chi connectivity index (χ0n) is 22.0. The Morgan fingerprint density at radius 3 is 2.59 bits per heavy atom. The van der Waals surface area contributed by atoms with Crippen LogP contribution in [-0.4, -0.2) is 55.6 Å². The third-order valence-corrected chi connectivity index (χ3v) is 9.29. The number of ether oxygens (including phenoxy) is 1. The van der Waals surface area contributed by atoms with E-state index in [2.05, 4.69) is 9.71 Å². The summed E-state index contributed by atoms with van der Waals surface area (Å²) in [4.78, 5) is 19.5. The van der Waals surface area contributed by atoms with E-state index in [9.17, 15) is 27.1 Å². The summed E-state index contributed by atoms with van der Waals surface area (Å²) < 4.78 is 62.2. The van der Waals surface area contributed by atoms with Crippen molar-refractivity contribution in [1.29, 1.82) is 0 Å². The summed E-state index contributed by atoms with van der Waals surface area (Å²) in [5, 5.41) is 9.25. The van der Waals surface area contributed by atoms with Gasteiger partial charge in [-0.25, -0.2) is 18.5 Å².